The second-order valence-electron chi connectivity index (χ2n) is 8.24. The molecule has 1 fully saturated rings. The smallest absolute Gasteiger partial charge is 0.346 e. The monoisotopic (exact) mass is 604 g/mol. The first kappa shape index (κ1) is 27.3. The van der Waals surface area contributed by atoms with Gasteiger partial charge in [0.05, 0.1) is 23.5 Å². The van der Waals surface area contributed by atoms with Crippen molar-refractivity contribution in [2.75, 3.05) is 13.9 Å². The van der Waals surface area contributed by atoms with Crippen molar-refractivity contribution in [3.63, 3.8) is 0 Å². The lowest BCUT2D eigenvalue weighted by Gasteiger charge is -2.14. The third kappa shape index (κ3) is 5.28. The summed E-state index contributed by atoms with van der Waals surface area (Å²) < 4.78 is 46.6. The molecule has 12 nitrogen and oxygen atoms in total. The van der Waals surface area contributed by atoms with E-state index >= 15 is 0 Å². The van der Waals surface area contributed by atoms with Crippen molar-refractivity contribution in [1.29, 1.82) is 0 Å². The molecule has 0 aliphatic carbocycles. The minimum Gasteiger partial charge on any atom is -0.493 e. The fourth-order valence-electron chi connectivity index (χ4n) is 3.86. The van der Waals surface area contributed by atoms with Gasteiger partial charge in [0.1, 0.15) is 0 Å². The van der Waals surface area contributed by atoms with Gasteiger partial charge in [-0.3, -0.25) is 24.6 Å². The fourth-order valence-corrected chi connectivity index (χ4v) is 6.02. The molecule has 0 spiro atoms. The molecular weight excluding hydrogens is 588 g/mol. The molecule has 0 bridgehead atoms. The molecule has 0 N–H and O–H groups in total. The predicted octanol–water partition coefficient (Wildman–Crippen LogP) is 4.99. The van der Waals surface area contributed by atoms with Crippen LogP contribution in [-0.4, -0.2) is 43.3 Å². The number of methoxy groups -OCH3 is 1. The van der Waals surface area contributed by atoms with Crippen LogP contribution in [0.4, 0.5) is 10.5 Å². The van der Waals surface area contributed by atoms with Gasteiger partial charge < -0.3 is 18.4 Å². The highest BCUT2D eigenvalue weighted by molar-refractivity contribution is 8.18. The molecule has 3 aromatic rings. The minimum absolute atomic E-state index is 0.0257. The Bertz CT molecular complexity index is 1710. The van der Waals surface area contributed by atoms with Crippen LogP contribution in [0.2, 0.25) is 5.02 Å². The summed E-state index contributed by atoms with van der Waals surface area (Å²) in [4.78, 5) is 36.7. The van der Waals surface area contributed by atoms with Gasteiger partial charge in [-0.25, -0.2) is 0 Å². The van der Waals surface area contributed by atoms with E-state index in [-0.39, 0.29) is 29.7 Å². The van der Waals surface area contributed by atoms with Crippen molar-refractivity contribution in [2.24, 2.45) is 0 Å². The number of carbonyl (C=O) groups is 2. The average Bonchev–Trinajstić information content (AvgIpc) is 3.48. The molecule has 2 aliphatic rings. The van der Waals surface area contributed by atoms with Gasteiger partial charge in [-0.05, 0) is 53.2 Å². The Balaban J connectivity index is 1.37. The van der Waals surface area contributed by atoms with Crippen LogP contribution in [0.5, 0.6) is 23.0 Å². The van der Waals surface area contributed by atoms with E-state index in [0.29, 0.717) is 27.6 Å². The van der Waals surface area contributed by atoms with Crippen LogP contribution in [0, 0.1) is 10.1 Å². The summed E-state index contributed by atoms with van der Waals surface area (Å²) in [6.45, 7) is -0.0398. The minimum atomic E-state index is -4.59. The average molecular weight is 605 g/mol. The Morgan fingerprint density at radius 2 is 1.82 bits per heavy atom. The Morgan fingerprint density at radius 3 is 2.55 bits per heavy atom. The van der Waals surface area contributed by atoms with Gasteiger partial charge in [0.15, 0.2) is 27.9 Å². The highest BCUT2D eigenvalue weighted by Crippen LogP contribution is 2.40. The number of ether oxygens (including phenoxy) is 3. The van der Waals surface area contributed by atoms with Crippen LogP contribution < -0.4 is 18.4 Å². The number of hydrogen-bond donors (Lipinski definition) is 0. The summed E-state index contributed by atoms with van der Waals surface area (Å²) in [7, 11) is -3.32. The van der Waals surface area contributed by atoms with Crippen LogP contribution >= 0.6 is 23.4 Å². The molecule has 206 valence electrons. The molecule has 2 heterocycles. The maximum atomic E-state index is 13.0. The predicted molar refractivity (Wildman–Crippen MR) is 143 cm³/mol. The quantitative estimate of drug-likeness (QED) is 0.148. The van der Waals surface area contributed by atoms with E-state index in [2.05, 4.69) is 0 Å². The molecular formula is C25H17ClN2O10S2. The molecule has 2 amide bonds. The largest absolute Gasteiger partial charge is 0.493 e. The number of imide groups is 1. The normalized spacial score (nSPS) is 15.6. The molecule has 0 radical (unpaired) electrons. The number of thioether (sulfide) groups is 1. The topological polar surface area (TPSA) is 152 Å². The van der Waals surface area contributed by atoms with Crippen molar-refractivity contribution >= 4 is 56.4 Å². The Morgan fingerprint density at radius 1 is 1.10 bits per heavy atom. The highest BCUT2D eigenvalue weighted by atomic mass is 35.5. The number of para-hydroxylation sites is 1. The summed E-state index contributed by atoms with van der Waals surface area (Å²) in [5, 5.41) is 11.1. The zero-order valence-corrected chi connectivity index (χ0v) is 22.7. The van der Waals surface area contributed by atoms with Crippen molar-refractivity contribution < 1.29 is 41.3 Å². The maximum absolute atomic E-state index is 13.0. The van der Waals surface area contributed by atoms with E-state index in [1.165, 1.54) is 43.5 Å². The van der Waals surface area contributed by atoms with Gasteiger partial charge in [-0.2, -0.15) is 8.42 Å². The third-order valence-corrected chi connectivity index (χ3v) is 8.30. The van der Waals surface area contributed by atoms with Crippen molar-refractivity contribution in [1.82, 2.24) is 4.90 Å². The van der Waals surface area contributed by atoms with E-state index < -0.39 is 36.8 Å². The van der Waals surface area contributed by atoms with Crippen molar-refractivity contribution in [3.8, 4) is 23.0 Å². The summed E-state index contributed by atoms with van der Waals surface area (Å²) in [6, 6.07) is 12.0. The molecule has 40 heavy (non-hydrogen) atoms. The molecule has 0 saturated carbocycles. The Hall–Kier alpha value is -4.27. The number of nitro groups is 1. The van der Waals surface area contributed by atoms with E-state index in [1.54, 1.807) is 12.1 Å². The van der Waals surface area contributed by atoms with Gasteiger partial charge >= 0.3 is 10.1 Å². The molecule has 5 rings (SSSR count). The van der Waals surface area contributed by atoms with E-state index in [9.17, 15) is 28.1 Å². The first-order valence-electron chi connectivity index (χ1n) is 11.3. The number of halogens is 1. The van der Waals surface area contributed by atoms with Crippen molar-refractivity contribution in [2.45, 2.75) is 11.4 Å². The lowest BCUT2D eigenvalue weighted by Crippen LogP contribution is -2.27. The van der Waals surface area contributed by atoms with Gasteiger partial charge in [0.2, 0.25) is 6.79 Å². The number of fused-ring (bicyclic) bond motifs is 1. The fraction of sp³-hybridized carbons (Fsp3) is 0.120. The van der Waals surface area contributed by atoms with Gasteiger partial charge in [0, 0.05) is 17.2 Å². The van der Waals surface area contributed by atoms with E-state index in [1.807, 2.05) is 0 Å². The van der Waals surface area contributed by atoms with Crippen LogP contribution in [0.15, 0.2) is 64.4 Å². The summed E-state index contributed by atoms with van der Waals surface area (Å²) in [5.41, 5.74) is 0.257. The standard InChI is InChI=1S/C25H17ClN2O10S2/c1-35-19-8-14(6-7-18(19)38-40(33,34)23-5-3-2-4-17(23)28(31)32)9-22-24(29)27(25(30)39-22)12-15-10-20-21(11-16(15)26)37-13-36-20/h2-11H,12-13H2,1H3/b22-9-. The summed E-state index contributed by atoms with van der Waals surface area (Å²) >= 11 is 7.02. The van der Waals surface area contributed by atoms with E-state index in [4.69, 9.17) is 30.0 Å². The van der Waals surface area contributed by atoms with Gasteiger partial charge in [-0.1, -0.05) is 29.8 Å². The number of nitro benzene ring substituents is 1. The van der Waals surface area contributed by atoms with Crippen LogP contribution in [0.3, 0.4) is 0 Å². The second kappa shape index (κ2) is 10.7. The Labute approximate surface area is 236 Å². The second-order valence-corrected chi connectivity index (χ2v) is 11.2. The number of amides is 2. The molecule has 0 aromatic heterocycles. The number of benzene rings is 3. The SMILES string of the molecule is COc1cc(/C=C2\SC(=O)N(Cc3cc4c(cc3Cl)OCO4)C2=O)ccc1OS(=O)(=O)c1ccccc1[N+](=O)[O-]. The molecule has 2 aliphatic heterocycles. The number of nitrogens with zero attached hydrogens (tertiary/aromatic N) is 2. The zero-order valence-electron chi connectivity index (χ0n) is 20.4. The maximum Gasteiger partial charge on any atom is 0.346 e. The first-order chi connectivity index (χ1) is 19.1. The van der Waals surface area contributed by atoms with Crippen LogP contribution in [0.25, 0.3) is 6.08 Å². The molecule has 1 saturated heterocycles. The third-order valence-electron chi connectivity index (χ3n) is 5.76. The van der Waals surface area contributed by atoms with Crippen LogP contribution in [0.1, 0.15) is 11.1 Å². The van der Waals surface area contributed by atoms with Crippen LogP contribution in [-0.2, 0) is 21.5 Å². The number of rotatable bonds is 8. The highest BCUT2D eigenvalue weighted by Gasteiger charge is 2.36. The molecule has 15 heteroatoms. The van der Waals surface area contributed by atoms with Gasteiger partial charge in [-0.15, -0.1) is 0 Å². The first-order valence-corrected chi connectivity index (χ1v) is 13.9. The Kier molecular flexibility index (Phi) is 7.31. The number of hydrogen-bond acceptors (Lipinski definition) is 11. The zero-order chi connectivity index (χ0) is 28.6. The summed E-state index contributed by atoms with van der Waals surface area (Å²) in [5.74, 6) is 0.117. The van der Waals surface area contributed by atoms with Crippen molar-refractivity contribution in [3.05, 3.63) is 85.8 Å². The molecule has 0 atom stereocenters. The lowest BCUT2D eigenvalue weighted by molar-refractivity contribution is -0.387. The molecule has 0 unspecified atom stereocenters. The van der Waals surface area contributed by atoms with E-state index in [0.717, 1.165) is 28.8 Å². The molecule has 3 aromatic carbocycles. The van der Waals surface area contributed by atoms with Gasteiger partial charge in [0.25, 0.3) is 16.8 Å². The summed E-state index contributed by atoms with van der Waals surface area (Å²) in [6.07, 6.45) is 1.44. The number of carbonyl (C=O) groups excluding carboxylic acids is 2. The lowest BCUT2D eigenvalue weighted by atomic mass is 10.1.